The van der Waals surface area contributed by atoms with Gasteiger partial charge in [-0.05, 0) is 48.3 Å². The fourth-order valence-corrected chi connectivity index (χ4v) is 5.09. The molecular weight excluding hydrogens is 566 g/mol. The molecule has 1 aromatic heterocycles. The van der Waals surface area contributed by atoms with Crippen molar-refractivity contribution >= 4 is 56.1 Å². The van der Waals surface area contributed by atoms with E-state index in [9.17, 15) is 24.5 Å². The number of benzene rings is 1. The molecule has 0 saturated carbocycles. The number of pyridine rings is 1. The van der Waals surface area contributed by atoms with Gasteiger partial charge >= 0.3 is 11.9 Å². The van der Waals surface area contributed by atoms with Gasteiger partial charge in [0.2, 0.25) is 5.12 Å². The largest absolute Gasteiger partial charge is 0.465 e. The third-order valence-electron chi connectivity index (χ3n) is 5.47. The van der Waals surface area contributed by atoms with Crippen molar-refractivity contribution in [2.75, 3.05) is 19.0 Å². The Morgan fingerprint density at radius 2 is 1.86 bits per heavy atom. The zero-order chi connectivity index (χ0) is 27.1. The molecule has 12 heteroatoms. The number of rotatable bonds is 9. The molecule has 0 N–H and O–H groups in total. The minimum atomic E-state index is -1.01. The first-order valence-corrected chi connectivity index (χ1v) is 13.1. The maximum absolute atomic E-state index is 13.3. The van der Waals surface area contributed by atoms with Gasteiger partial charge in [-0.2, -0.15) is 0 Å². The zero-order valence-corrected chi connectivity index (χ0v) is 22.7. The molecule has 0 saturated heterocycles. The molecule has 1 aliphatic heterocycles. The van der Waals surface area contributed by atoms with Gasteiger partial charge in [-0.1, -0.05) is 23.9 Å². The molecule has 0 amide bonds. The Hall–Kier alpha value is -3.38. The van der Waals surface area contributed by atoms with Crippen LogP contribution in [0.25, 0.3) is 0 Å². The van der Waals surface area contributed by atoms with E-state index in [-0.39, 0.29) is 41.0 Å². The Labute approximate surface area is 225 Å². The molecule has 37 heavy (non-hydrogen) atoms. The Morgan fingerprint density at radius 1 is 1.14 bits per heavy atom. The van der Waals surface area contributed by atoms with Gasteiger partial charge in [-0.25, -0.2) is 4.79 Å². The van der Waals surface area contributed by atoms with Crippen LogP contribution in [0.2, 0.25) is 0 Å². The van der Waals surface area contributed by atoms with Gasteiger partial charge in [-0.3, -0.25) is 29.7 Å². The standard InChI is InChI=1S/C25H24BrN3O7S/c1-4-35-23(30)20-14(3)28-19(13-37-25(32)16-9-17(26)12-27-11-16)22(24(31)36-5-2)21(20)15-7-6-8-18(10-15)29(33)34/h6-12,20-21H,4-5,13H2,1-3H3. The fraction of sp³-hybridized carbons (Fsp3) is 0.320. The molecule has 3 rings (SSSR count). The summed E-state index contributed by atoms with van der Waals surface area (Å²) in [5.74, 6) is -3.33. The van der Waals surface area contributed by atoms with Crippen molar-refractivity contribution in [2.24, 2.45) is 10.9 Å². The molecule has 194 valence electrons. The topological polar surface area (TPSA) is 138 Å². The number of non-ortho nitro benzene ring substituents is 1. The molecule has 2 unspecified atom stereocenters. The summed E-state index contributed by atoms with van der Waals surface area (Å²) < 4.78 is 11.2. The van der Waals surface area contributed by atoms with E-state index >= 15 is 0 Å². The average Bonchev–Trinajstić information content (AvgIpc) is 2.87. The first kappa shape index (κ1) is 28.2. The quantitative estimate of drug-likeness (QED) is 0.227. The van der Waals surface area contributed by atoms with Crippen molar-refractivity contribution in [1.82, 2.24) is 4.98 Å². The van der Waals surface area contributed by atoms with Gasteiger partial charge in [0, 0.05) is 51.9 Å². The second-order valence-corrected chi connectivity index (χ2v) is 9.73. The van der Waals surface area contributed by atoms with Crippen molar-refractivity contribution in [3.63, 3.8) is 0 Å². The number of nitrogens with zero attached hydrogens (tertiary/aromatic N) is 3. The van der Waals surface area contributed by atoms with Crippen LogP contribution < -0.4 is 0 Å². The number of halogens is 1. The summed E-state index contributed by atoms with van der Waals surface area (Å²) in [4.78, 5) is 58.6. The molecule has 0 fully saturated rings. The molecule has 2 atom stereocenters. The summed E-state index contributed by atoms with van der Waals surface area (Å²) in [7, 11) is 0. The smallest absolute Gasteiger partial charge is 0.336 e. The fourth-order valence-electron chi connectivity index (χ4n) is 3.96. The number of nitro benzene ring substituents is 1. The van der Waals surface area contributed by atoms with Gasteiger partial charge < -0.3 is 9.47 Å². The number of aliphatic imine (C=N–C) groups is 1. The molecule has 2 heterocycles. The molecule has 0 spiro atoms. The Balaban J connectivity index is 2.13. The summed E-state index contributed by atoms with van der Waals surface area (Å²) in [6.45, 7) is 5.07. The Bertz CT molecular complexity index is 1290. The van der Waals surface area contributed by atoms with E-state index in [0.717, 1.165) is 11.8 Å². The van der Waals surface area contributed by atoms with Crippen LogP contribution in [-0.2, 0) is 19.1 Å². The SMILES string of the molecule is CCOC(=O)C1=C(CSC(=O)c2cncc(Br)c2)N=C(C)C(C(=O)OCC)C1c1cccc([N+](=O)[O-])c1. The molecule has 10 nitrogen and oxygen atoms in total. The molecule has 2 aromatic rings. The van der Waals surface area contributed by atoms with Crippen LogP contribution in [0.4, 0.5) is 5.69 Å². The molecular formula is C25H24BrN3O7S. The van der Waals surface area contributed by atoms with Gasteiger partial charge in [0.1, 0.15) is 5.92 Å². The van der Waals surface area contributed by atoms with Crippen molar-refractivity contribution < 1.29 is 28.8 Å². The number of hydrogen-bond donors (Lipinski definition) is 0. The number of hydrogen-bond acceptors (Lipinski definition) is 10. The van der Waals surface area contributed by atoms with Crippen LogP contribution >= 0.6 is 27.7 Å². The van der Waals surface area contributed by atoms with Crippen molar-refractivity contribution in [3.8, 4) is 0 Å². The van der Waals surface area contributed by atoms with E-state index in [2.05, 4.69) is 25.9 Å². The third-order valence-corrected chi connectivity index (χ3v) is 6.82. The van der Waals surface area contributed by atoms with E-state index in [4.69, 9.17) is 9.47 Å². The highest BCUT2D eigenvalue weighted by atomic mass is 79.9. The number of carbonyl (C=O) groups excluding carboxylic acids is 3. The van der Waals surface area contributed by atoms with Crippen molar-refractivity contribution in [1.29, 1.82) is 0 Å². The zero-order valence-electron chi connectivity index (χ0n) is 20.3. The highest BCUT2D eigenvalue weighted by molar-refractivity contribution is 9.10. The number of carbonyl (C=O) groups is 3. The lowest BCUT2D eigenvalue weighted by atomic mass is 9.75. The maximum Gasteiger partial charge on any atom is 0.336 e. The summed E-state index contributed by atoms with van der Waals surface area (Å²) >= 11 is 4.20. The maximum atomic E-state index is 13.3. The average molecular weight is 590 g/mol. The van der Waals surface area contributed by atoms with Crippen molar-refractivity contribution in [3.05, 3.63) is 79.7 Å². The van der Waals surface area contributed by atoms with Gasteiger partial charge in [-0.15, -0.1) is 0 Å². The number of thioether (sulfide) groups is 1. The molecule has 1 aliphatic rings. The summed E-state index contributed by atoms with van der Waals surface area (Å²) in [5, 5.41) is 11.2. The third kappa shape index (κ3) is 6.69. The molecule has 1 aromatic carbocycles. The summed E-state index contributed by atoms with van der Waals surface area (Å²) in [6, 6.07) is 7.35. The van der Waals surface area contributed by atoms with Gasteiger partial charge in [0.15, 0.2) is 0 Å². The van der Waals surface area contributed by atoms with Crippen LogP contribution in [0.5, 0.6) is 0 Å². The van der Waals surface area contributed by atoms with Gasteiger partial charge in [0.05, 0.1) is 29.4 Å². The lowest BCUT2D eigenvalue weighted by Gasteiger charge is -2.32. The number of ether oxygens (including phenoxy) is 2. The minimum Gasteiger partial charge on any atom is -0.465 e. The predicted molar refractivity (Wildman–Crippen MR) is 141 cm³/mol. The highest BCUT2D eigenvalue weighted by Crippen LogP contribution is 2.42. The monoisotopic (exact) mass is 589 g/mol. The van der Waals surface area contributed by atoms with Crippen LogP contribution in [0, 0.1) is 16.0 Å². The molecule has 0 radical (unpaired) electrons. The van der Waals surface area contributed by atoms with E-state index in [1.54, 1.807) is 39.1 Å². The van der Waals surface area contributed by atoms with E-state index in [0.29, 0.717) is 21.3 Å². The lowest BCUT2D eigenvalue weighted by Crippen LogP contribution is -2.37. The number of esters is 2. The second-order valence-electron chi connectivity index (χ2n) is 7.86. The summed E-state index contributed by atoms with van der Waals surface area (Å²) in [6.07, 6.45) is 2.98. The molecule has 0 bridgehead atoms. The van der Waals surface area contributed by atoms with Gasteiger partial charge in [0.25, 0.3) is 5.69 Å². The van der Waals surface area contributed by atoms with Crippen LogP contribution in [0.3, 0.4) is 0 Å². The number of aromatic nitrogens is 1. The summed E-state index contributed by atoms with van der Waals surface area (Å²) in [5.41, 5.74) is 1.17. The molecule has 0 aliphatic carbocycles. The van der Waals surface area contributed by atoms with Crippen LogP contribution in [0.1, 0.15) is 42.6 Å². The van der Waals surface area contributed by atoms with E-state index < -0.39 is 28.7 Å². The lowest BCUT2D eigenvalue weighted by molar-refractivity contribution is -0.384. The van der Waals surface area contributed by atoms with E-state index in [1.807, 2.05) is 0 Å². The Kier molecular flexibility index (Phi) is 9.70. The normalized spacial score (nSPS) is 17.1. The first-order chi connectivity index (χ1) is 17.7. The van der Waals surface area contributed by atoms with E-state index in [1.165, 1.54) is 24.4 Å². The minimum absolute atomic E-state index is 0.00218. The van der Waals surface area contributed by atoms with Crippen molar-refractivity contribution in [2.45, 2.75) is 26.7 Å². The highest BCUT2D eigenvalue weighted by Gasteiger charge is 2.43. The first-order valence-electron chi connectivity index (χ1n) is 11.3. The van der Waals surface area contributed by atoms with Crippen LogP contribution in [-0.4, -0.2) is 51.6 Å². The van der Waals surface area contributed by atoms with Crippen LogP contribution in [0.15, 0.2) is 63.5 Å². The second kappa shape index (κ2) is 12.7. The predicted octanol–water partition coefficient (Wildman–Crippen LogP) is 4.88. The Morgan fingerprint density at radius 3 is 2.51 bits per heavy atom. The number of nitro groups is 1.